The number of hydrazine groups is 1. The van der Waals surface area contributed by atoms with Crippen LogP contribution in [0.3, 0.4) is 0 Å². The molecule has 0 saturated carbocycles. The molecule has 0 unspecified atom stereocenters. The number of amides is 2. The molecule has 2 amide bonds. The molecule has 10 heteroatoms. The third-order valence-corrected chi connectivity index (χ3v) is 4.63. The van der Waals surface area contributed by atoms with E-state index in [1.54, 1.807) is 24.3 Å². The average molecular weight is 477 g/mol. The van der Waals surface area contributed by atoms with Crippen LogP contribution in [0.5, 0.6) is 5.75 Å². The van der Waals surface area contributed by atoms with Crippen molar-refractivity contribution in [2.24, 2.45) is 0 Å². The third kappa shape index (κ3) is 7.53. The van der Waals surface area contributed by atoms with Crippen molar-refractivity contribution in [1.82, 2.24) is 16.2 Å². The quantitative estimate of drug-likeness (QED) is 0.206. The summed E-state index contributed by atoms with van der Waals surface area (Å²) in [6, 6.07) is 22.0. The van der Waals surface area contributed by atoms with Crippen molar-refractivity contribution in [3.8, 4) is 5.75 Å². The first-order valence-corrected chi connectivity index (χ1v) is 10.4. The largest absolute Gasteiger partial charge is 0.489 e. The normalized spacial score (nSPS) is 10.4. The van der Waals surface area contributed by atoms with E-state index in [2.05, 4.69) is 16.2 Å². The van der Waals surface area contributed by atoms with Crippen LogP contribution in [-0.2, 0) is 11.4 Å². The number of hydrogen-bond acceptors (Lipinski definition) is 6. The average Bonchev–Trinajstić information content (AvgIpc) is 2.86. The van der Waals surface area contributed by atoms with Gasteiger partial charge in [0.1, 0.15) is 12.4 Å². The highest BCUT2D eigenvalue weighted by atomic mass is 32.1. The standard InChI is InChI=1S/C24H20N4O5S/c29-22(15-8-17-6-11-20(12-7-17)28(31)32)25-24(34)27-26-23(30)19-9-13-21(14-10-19)33-16-18-4-2-1-3-5-18/h1-15H,16H2,(H,26,30)(H2,25,27,29,34)/b15-8+. The van der Waals surface area contributed by atoms with Crippen molar-refractivity contribution in [2.45, 2.75) is 6.61 Å². The molecule has 3 aromatic rings. The number of thiocarbonyl (C=S) groups is 1. The SMILES string of the molecule is O=C(/C=C/c1ccc([N+](=O)[O-])cc1)NC(=S)NNC(=O)c1ccc(OCc2ccccc2)cc1. The first-order chi connectivity index (χ1) is 16.4. The van der Waals surface area contributed by atoms with E-state index in [-0.39, 0.29) is 10.8 Å². The van der Waals surface area contributed by atoms with Crippen LogP contribution in [-0.4, -0.2) is 21.9 Å². The molecule has 0 heterocycles. The van der Waals surface area contributed by atoms with Gasteiger partial charge in [0.15, 0.2) is 5.11 Å². The summed E-state index contributed by atoms with van der Waals surface area (Å²) < 4.78 is 5.69. The molecule has 0 aliphatic heterocycles. The van der Waals surface area contributed by atoms with Gasteiger partial charge in [-0.1, -0.05) is 30.3 Å². The maximum Gasteiger partial charge on any atom is 0.269 e. The van der Waals surface area contributed by atoms with E-state index in [9.17, 15) is 19.7 Å². The molecule has 0 aliphatic rings. The third-order valence-electron chi connectivity index (χ3n) is 4.42. The van der Waals surface area contributed by atoms with Gasteiger partial charge in [-0.05, 0) is 65.8 Å². The van der Waals surface area contributed by atoms with Crippen molar-refractivity contribution < 1.29 is 19.2 Å². The van der Waals surface area contributed by atoms with Gasteiger partial charge < -0.3 is 4.74 Å². The highest BCUT2D eigenvalue weighted by Crippen LogP contribution is 2.14. The van der Waals surface area contributed by atoms with Gasteiger partial charge in [0.05, 0.1) is 4.92 Å². The minimum Gasteiger partial charge on any atom is -0.489 e. The van der Waals surface area contributed by atoms with Gasteiger partial charge in [-0.15, -0.1) is 0 Å². The number of non-ortho nitro benzene ring substituents is 1. The van der Waals surface area contributed by atoms with E-state index in [4.69, 9.17) is 17.0 Å². The molecule has 0 aromatic heterocycles. The Kier molecular flexibility index (Phi) is 8.42. The van der Waals surface area contributed by atoms with Crippen LogP contribution >= 0.6 is 12.2 Å². The molecule has 0 bridgehead atoms. The van der Waals surface area contributed by atoms with Crippen molar-refractivity contribution in [1.29, 1.82) is 0 Å². The zero-order valence-corrected chi connectivity index (χ0v) is 18.6. The van der Waals surface area contributed by atoms with E-state index in [0.717, 1.165) is 5.56 Å². The lowest BCUT2D eigenvalue weighted by molar-refractivity contribution is -0.384. The fraction of sp³-hybridized carbons (Fsp3) is 0.0417. The number of benzene rings is 3. The molecule has 0 fully saturated rings. The van der Waals surface area contributed by atoms with E-state index in [1.807, 2.05) is 30.3 Å². The fourth-order valence-electron chi connectivity index (χ4n) is 2.69. The molecule has 0 aliphatic carbocycles. The lowest BCUT2D eigenvalue weighted by Crippen LogP contribution is -2.48. The van der Waals surface area contributed by atoms with Crippen LogP contribution in [0.15, 0.2) is 84.9 Å². The van der Waals surface area contributed by atoms with E-state index < -0.39 is 16.7 Å². The summed E-state index contributed by atoms with van der Waals surface area (Å²) in [5, 5.41) is 12.9. The topological polar surface area (TPSA) is 123 Å². The Hall–Kier alpha value is -4.57. The molecule has 172 valence electrons. The lowest BCUT2D eigenvalue weighted by Gasteiger charge is -2.10. The number of ether oxygens (including phenoxy) is 1. The number of hydrogen-bond donors (Lipinski definition) is 3. The van der Waals surface area contributed by atoms with E-state index in [1.165, 1.54) is 36.4 Å². The molecule has 9 nitrogen and oxygen atoms in total. The number of nitrogens with zero attached hydrogens (tertiary/aromatic N) is 1. The van der Waals surface area contributed by atoms with Gasteiger partial charge in [0.2, 0.25) is 5.91 Å². The van der Waals surface area contributed by atoms with Crippen LogP contribution in [0.4, 0.5) is 5.69 Å². The summed E-state index contributed by atoms with van der Waals surface area (Å²) >= 11 is 4.99. The van der Waals surface area contributed by atoms with Crippen LogP contribution in [0.25, 0.3) is 6.08 Å². The number of carbonyl (C=O) groups excluding carboxylic acids is 2. The van der Waals surface area contributed by atoms with Gasteiger partial charge in [-0.25, -0.2) is 0 Å². The molecule has 3 aromatic carbocycles. The number of rotatable bonds is 7. The highest BCUT2D eigenvalue weighted by molar-refractivity contribution is 7.80. The summed E-state index contributed by atoms with van der Waals surface area (Å²) in [4.78, 5) is 34.4. The molecule has 0 atom stereocenters. The Balaban J connectivity index is 1.41. The highest BCUT2D eigenvalue weighted by Gasteiger charge is 2.08. The molecule has 3 rings (SSSR count). The predicted molar refractivity (Wildman–Crippen MR) is 131 cm³/mol. The number of nitrogens with one attached hydrogen (secondary N) is 3. The van der Waals surface area contributed by atoms with Crippen molar-refractivity contribution >= 4 is 40.9 Å². The first-order valence-electron chi connectivity index (χ1n) is 10.0. The van der Waals surface area contributed by atoms with Crippen LogP contribution in [0.1, 0.15) is 21.5 Å². The lowest BCUT2D eigenvalue weighted by atomic mass is 10.2. The van der Waals surface area contributed by atoms with Gasteiger partial charge in [-0.2, -0.15) is 0 Å². The number of nitro groups is 1. The molecule has 0 saturated heterocycles. The minimum absolute atomic E-state index is 0.0444. The van der Waals surface area contributed by atoms with Crippen LogP contribution < -0.4 is 20.9 Å². The summed E-state index contributed by atoms with van der Waals surface area (Å²) in [6.45, 7) is 0.417. The summed E-state index contributed by atoms with van der Waals surface area (Å²) in [6.07, 6.45) is 2.69. The molecule has 0 spiro atoms. The maximum absolute atomic E-state index is 12.3. The van der Waals surface area contributed by atoms with E-state index in [0.29, 0.717) is 23.5 Å². The number of carbonyl (C=O) groups is 2. The smallest absolute Gasteiger partial charge is 0.269 e. The molecule has 3 N–H and O–H groups in total. The van der Waals surface area contributed by atoms with Gasteiger partial charge in [0.25, 0.3) is 11.6 Å². The first kappa shape index (κ1) is 24.1. The zero-order chi connectivity index (χ0) is 24.3. The maximum atomic E-state index is 12.3. The summed E-state index contributed by atoms with van der Waals surface area (Å²) in [7, 11) is 0. The second kappa shape index (κ2) is 11.9. The van der Waals surface area contributed by atoms with Crippen LogP contribution in [0.2, 0.25) is 0 Å². The molecular formula is C24H20N4O5S. The Labute approximate surface area is 200 Å². The van der Waals surface area contributed by atoms with Crippen molar-refractivity contribution in [3.05, 3.63) is 112 Å². The second-order valence-electron chi connectivity index (χ2n) is 6.88. The Morgan fingerprint density at radius 2 is 1.62 bits per heavy atom. The van der Waals surface area contributed by atoms with E-state index >= 15 is 0 Å². The molecule has 0 radical (unpaired) electrons. The van der Waals surface area contributed by atoms with Crippen LogP contribution in [0, 0.1) is 10.1 Å². The second-order valence-corrected chi connectivity index (χ2v) is 7.29. The molecule has 34 heavy (non-hydrogen) atoms. The van der Waals surface area contributed by atoms with Gasteiger partial charge in [0, 0.05) is 23.8 Å². The molecular weight excluding hydrogens is 456 g/mol. The summed E-state index contributed by atoms with van der Waals surface area (Å²) in [5.74, 6) is -0.367. The van der Waals surface area contributed by atoms with Crippen molar-refractivity contribution in [2.75, 3.05) is 0 Å². The fourth-order valence-corrected chi connectivity index (χ4v) is 2.84. The van der Waals surface area contributed by atoms with Crippen molar-refractivity contribution in [3.63, 3.8) is 0 Å². The summed E-state index contributed by atoms with van der Waals surface area (Å²) in [5.41, 5.74) is 6.81. The Bertz CT molecular complexity index is 1200. The Morgan fingerprint density at radius 3 is 2.26 bits per heavy atom. The van der Waals surface area contributed by atoms with Gasteiger partial charge >= 0.3 is 0 Å². The number of nitro benzene ring substituents is 1. The monoisotopic (exact) mass is 476 g/mol. The predicted octanol–water partition coefficient (Wildman–Crippen LogP) is 3.52. The zero-order valence-electron chi connectivity index (χ0n) is 17.8. The Morgan fingerprint density at radius 1 is 0.941 bits per heavy atom. The minimum atomic E-state index is -0.537. The van der Waals surface area contributed by atoms with Gasteiger partial charge in [-0.3, -0.25) is 35.9 Å².